The Kier molecular flexibility index (Phi) is 3.77. The van der Waals surface area contributed by atoms with Crippen molar-refractivity contribution < 1.29 is 0 Å². The molecule has 0 heterocycles. The van der Waals surface area contributed by atoms with Crippen LogP contribution in [0, 0.1) is 0 Å². The summed E-state index contributed by atoms with van der Waals surface area (Å²) in [5, 5.41) is 3.22. The molecule has 1 aromatic carbocycles. The predicted octanol–water partition coefficient (Wildman–Crippen LogP) is 1.30. The van der Waals surface area contributed by atoms with Crippen molar-refractivity contribution in [3.8, 4) is 0 Å². The Labute approximate surface area is 73.8 Å². The molecule has 0 unspecified atom stereocenters. The van der Waals surface area contributed by atoms with Crippen LogP contribution in [0.1, 0.15) is 18.5 Å². The van der Waals surface area contributed by atoms with Gasteiger partial charge in [-0.3, -0.25) is 0 Å². The fourth-order valence-corrected chi connectivity index (χ4v) is 1.12. The zero-order valence-corrected chi connectivity index (χ0v) is 7.46. The Morgan fingerprint density at radius 1 is 1.33 bits per heavy atom. The van der Waals surface area contributed by atoms with Crippen LogP contribution in [0.2, 0.25) is 0 Å². The Morgan fingerprint density at radius 3 is 2.58 bits per heavy atom. The van der Waals surface area contributed by atoms with E-state index < -0.39 is 0 Å². The second kappa shape index (κ2) is 4.91. The van der Waals surface area contributed by atoms with E-state index in [1.807, 2.05) is 18.2 Å². The number of hydrogen-bond acceptors (Lipinski definition) is 2. The highest BCUT2D eigenvalue weighted by molar-refractivity contribution is 5.18. The van der Waals surface area contributed by atoms with Crippen molar-refractivity contribution in [2.75, 3.05) is 13.1 Å². The standard InChI is InChI=1S/C10H16N2/c1-2-12-8-10(11)9-6-4-3-5-7-9/h3-7,10,12H,2,8,11H2,1H3/t10-/m0/s1. The molecular weight excluding hydrogens is 148 g/mol. The number of nitrogens with two attached hydrogens (primary N) is 1. The fourth-order valence-electron chi connectivity index (χ4n) is 1.12. The largest absolute Gasteiger partial charge is 0.323 e. The van der Waals surface area contributed by atoms with Gasteiger partial charge in [-0.15, -0.1) is 0 Å². The van der Waals surface area contributed by atoms with Gasteiger partial charge in [0.15, 0.2) is 0 Å². The summed E-state index contributed by atoms with van der Waals surface area (Å²) in [6.45, 7) is 3.90. The first-order chi connectivity index (χ1) is 5.84. The molecule has 0 spiro atoms. The van der Waals surface area contributed by atoms with Gasteiger partial charge >= 0.3 is 0 Å². The van der Waals surface area contributed by atoms with E-state index in [9.17, 15) is 0 Å². The van der Waals surface area contributed by atoms with Crippen LogP contribution in [0.25, 0.3) is 0 Å². The van der Waals surface area contributed by atoms with Gasteiger partial charge in [-0.05, 0) is 12.1 Å². The lowest BCUT2D eigenvalue weighted by atomic mass is 10.1. The second-order valence-electron chi connectivity index (χ2n) is 2.82. The van der Waals surface area contributed by atoms with E-state index >= 15 is 0 Å². The van der Waals surface area contributed by atoms with Crippen LogP contribution >= 0.6 is 0 Å². The lowest BCUT2D eigenvalue weighted by Gasteiger charge is -2.11. The van der Waals surface area contributed by atoms with Gasteiger partial charge in [0.1, 0.15) is 0 Å². The zero-order chi connectivity index (χ0) is 8.81. The summed E-state index contributed by atoms with van der Waals surface area (Å²) in [4.78, 5) is 0. The molecule has 2 heteroatoms. The maximum absolute atomic E-state index is 5.92. The minimum Gasteiger partial charge on any atom is -0.323 e. The lowest BCUT2D eigenvalue weighted by Crippen LogP contribution is -2.26. The maximum atomic E-state index is 5.92. The van der Waals surface area contributed by atoms with Gasteiger partial charge in [0.2, 0.25) is 0 Å². The van der Waals surface area contributed by atoms with Crippen molar-refractivity contribution in [3.63, 3.8) is 0 Å². The third-order valence-corrected chi connectivity index (χ3v) is 1.84. The maximum Gasteiger partial charge on any atom is 0.0421 e. The normalized spacial score (nSPS) is 12.8. The molecule has 66 valence electrons. The van der Waals surface area contributed by atoms with Gasteiger partial charge in [-0.1, -0.05) is 37.3 Å². The molecule has 1 atom stereocenters. The summed E-state index contributed by atoms with van der Waals surface area (Å²) in [7, 11) is 0. The number of hydrogen-bond donors (Lipinski definition) is 2. The molecule has 2 nitrogen and oxygen atoms in total. The summed E-state index contributed by atoms with van der Waals surface area (Å²) in [6.07, 6.45) is 0. The molecule has 0 saturated carbocycles. The fraction of sp³-hybridized carbons (Fsp3) is 0.400. The monoisotopic (exact) mass is 164 g/mol. The highest BCUT2D eigenvalue weighted by atomic mass is 14.9. The number of benzene rings is 1. The van der Waals surface area contributed by atoms with E-state index in [0.717, 1.165) is 13.1 Å². The topological polar surface area (TPSA) is 38.0 Å². The first kappa shape index (κ1) is 9.23. The Balaban J connectivity index is 2.48. The van der Waals surface area contributed by atoms with Crippen molar-refractivity contribution in [2.45, 2.75) is 13.0 Å². The molecule has 0 radical (unpaired) electrons. The molecule has 0 aliphatic heterocycles. The summed E-state index contributed by atoms with van der Waals surface area (Å²) in [5.41, 5.74) is 7.11. The van der Waals surface area contributed by atoms with Crippen LogP contribution in [-0.2, 0) is 0 Å². The molecule has 0 fully saturated rings. The van der Waals surface area contributed by atoms with Crippen molar-refractivity contribution in [1.29, 1.82) is 0 Å². The summed E-state index contributed by atoms with van der Waals surface area (Å²) in [5.74, 6) is 0. The van der Waals surface area contributed by atoms with Gasteiger partial charge in [-0.25, -0.2) is 0 Å². The molecule has 1 rings (SSSR count). The molecule has 0 bridgehead atoms. The first-order valence-electron chi connectivity index (χ1n) is 4.36. The molecule has 1 aromatic rings. The highest BCUT2D eigenvalue weighted by Gasteiger charge is 2.02. The number of likely N-dealkylation sites (N-methyl/N-ethyl adjacent to an activating group) is 1. The van der Waals surface area contributed by atoms with Gasteiger partial charge in [0, 0.05) is 12.6 Å². The van der Waals surface area contributed by atoms with E-state index in [0.29, 0.717) is 0 Å². The second-order valence-corrected chi connectivity index (χ2v) is 2.82. The Bertz CT molecular complexity index is 208. The molecule has 3 N–H and O–H groups in total. The molecule has 0 aromatic heterocycles. The average Bonchev–Trinajstić information content (AvgIpc) is 2.15. The van der Waals surface area contributed by atoms with Crippen molar-refractivity contribution in [2.24, 2.45) is 5.73 Å². The SMILES string of the molecule is CCNC[C@H](N)c1ccccc1. The van der Waals surface area contributed by atoms with Gasteiger partial charge in [0.05, 0.1) is 0 Å². The number of rotatable bonds is 4. The van der Waals surface area contributed by atoms with E-state index in [2.05, 4.69) is 24.4 Å². The predicted molar refractivity (Wildman–Crippen MR) is 51.9 cm³/mol. The molecule has 0 aliphatic carbocycles. The molecule has 0 saturated heterocycles. The average molecular weight is 164 g/mol. The smallest absolute Gasteiger partial charge is 0.0421 e. The quantitative estimate of drug-likeness (QED) is 0.704. The van der Waals surface area contributed by atoms with E-state index in [1.54, 1.807) is 0 Å². The Hall–Kier alpha value is -0.860. The third kappa shape index (κ3) is 2.64. The summed E-state index contributed by atoms with van der Waals surface area (Å²) >= 11 is 0. The van der Waals surface area contributed by atoms with Crippen molar-refractivity contribution in [1.82, 2.24) is 5.32 Å². The van der Waals surface area contributed by atoms with Crippen LogP contribution in [-0.4, -0.2) is 13.1 Å². The summed E-state index contributed by atoms with van der Waals surface area (Å²) in [6, 6.07) is 10.3. The first-order valence-corrected chi connectivity index (χ1v) is 4.36. The Morgan fingerprint density at radius 2 is 2.00 bits per heavy atom. The van der Waals surface area contributed by atoms with Crippen molar-refractivity contribution in [3.05, 3.63) is 35.9 Å². The van der Waals surface area contributed by atoms with Crippen LogP contribution in [0.3, 0.4) is 0 Å². The number of nitrogens with one attached hydrogen (secondary N) is 1. The van der Waals surface area contributed by atoms with Crippen LogP contribution in [0.15, 0.2) is 30.3 Å². The molecular formula is C10H16N2. The lowest BCUT2D eigenvalue weighted by molar-refractivity contribution is 0.616. The van der Waals surface area contributed by atoms with E-state index in [1.165, 1.54) is 5.56 Å². The van der Waals surface area contributed by atoms with Gasteiger partial charge in [0.25, 0.3) is 0 Å². The van der Waals surface area contributed by atoms with Crippen LogP contribution < -0.4 is 11.1 Å². The minimum absolute atomic E-state index is 0.117. The summed E-state index contributed by atoms with van der Waals surface area (Å²) < 4.78 is 0. The van der Waals surface area contributed by atoms with Gasteiger partial charge in [-0.2, -0.15) is 0 Å². The minimum atomic E-state index is 0.117. The van der Waals surface area contributed by atoms with E-state index in [4.69, 9.17) is 5.73 Å². The molecule has 12 heavy (non-hydrogen) atoms. The van der Waals surface area contributed by atoms with Crippen molar-refractivity contribution >= 4 is 0 Å². The van der Waals surface area contributed by atoms with E-state index in [-0.39, 0.29) is 6.04 Å². The molecule has 0 amide bonds. The zero-order valence-electron chi connectivity index (χ0n) is 7.46. The third-order valence-electron chi connectivity index (χ3n) is 1.84. The van der Waals surface area contributed by atoms with Gasteiger partial charge < -0.3 is 11.1 Å². The van der Waals surface area contributed by atoms with Crippen LogP contribution in [0.4, 0.5) is 0 Å². The highest BCUT2D eigenvalue weighted by Crippen LogP contribution is 2.07. The molecule has 0 aliphatic rings. The van der Waals surface area contributed by atoms with Crippen LogP contribution in [0.5, 0.6) is 0 Å².